The molecule has 0 amide bonds. The van der Waals surface area contributed by atoms with E-state index < -0.39 is 9.84 Å². The lowest BCUT2D eigenvalue weighted by Gasteiger charge is -2.27. The maximum Gasteiger partial charge on any atom is 0.270 e. The Morgan fingerprint density at radius 2 is 1.80 bits per heavy atom. The topological polar surface area (TPSA) is 65.5 Å². The van der Waals surface area contributed by atoms with E-state index in [1.54, 1.807) is 24.3 Å². The zero-order valence-corrected chi connectivity index (χ0v) is 20.9. The van der Waals surface area contributed by atoms with Crippen LogP contribution in [-0.4, -0.2) is 15.0 Å². The highest BCUT2D eigenvalue weighted by Crippen LogP contribution is 2.48. The van der Waals surface area contributed by atoms with Crippen LogP contribution in [-0.2, 0) is 15.3 Å². The number of para-hydroxylation sites is 1. The van der Waals surface area contributed by atoms with Crippen molar-refractivity contribution in [2.45, 2.75) is 43.9 Å². The second kappa shape index (κ2) is 9.41. The number of anilines is 1. The molecule has 35 heavy (non-hydrogen) atoms. The van der Waals surface area contributed by atoms with Crippen LogP contribution in [0.5, 0.6) is 0 Å². The van der Waals surface area contributed by atoms with E-state index in [0.717, 1.165) is 25.1 Å². The zero-order valence-electron chi connectivity index (χ0n) is 20.1. The summed E-state index contributed by atoms with van der Waals surface area (Å²) in [4.78, 5) is 5.75. The van der Waals surface area contributed by atoms with Gasteiger partial charge in [-0.25, -0.2) is 18.5 Å². The molecule has 0 atom stereocenters. The third-order valence-corrected chi connectivity index (χ3v) is 8.44. The lowest BCUT2D eigenvalue weighted by Crippen LogP contribution is -2.26. The smallest absolute Gasteiger partial charge is 0.270 e. The highest BCUT2D eigenvalue weighted by atomic mass is 32.2. The Morgan fingerprint density at radius 1 is 1.11 bits per heavy atom. The van der Waals surface area contributed by atoms with E-state index in [-0.39, 0.29) is 26.5 Å². The largest absolute Gasteiger partial charge is 0.344 e. The molecule has 0 fully saturated rings. The highest BCUT2D eigenvalue weighted by molar-refractivity contribution is 7.96. The monoisotopic (exact) mass is 481 g/mol. The van der Waals surface area contributed by atoms with Crippen LogP contribution in [0.1, 0.15) is 44.7 Å². The molecule has 0 aliphatic carbocycles. The van der Waals surface area contributed by atoms with Crippen LogP contribution in [0.3, 0.4) is 0 Å². The van der Waals surface area contributed by atoms with Crippen molar-refractivity contribution in [1.29, 1.82) is 5.26 Å². The molecule has 0 spiro atoms. The standard InChI is InChI=1S/C29H27N3O2S/c1-5-6-19-32-24-15-9-8-14-22(24)29(2,3)27(32)18-12-11-17-26-28(23(20-30)31-4)21-13-7-10-16-25(21)35(26,33)34/h7-18H,5-6,19H2,1-3H3/b12-11+,26-17?,27-18+,28-23?. The van der Waals surface area contributed by atoms with Crippen LogP contribution in [0.2, 0.25) is 0 Å². The van der Waals surface area contributed by atoms with Gasteiger partial charge in [-0.3, -0.25) is 0 Å². The van der Waals surface area contributed by atoms with Gasteiger partial charge in [0.15, 0.2) is 0 Å². The predicted molar refractivity (Wildman–Crippen MR) is 140 cm³/mol. The zero-order chi connectivity index (χ0) is 25.2. The fourth-order valence-corrected chi connectivity index (χ4v) is 6.52. The number of hydrogen-bond donors (Lipinski definition) is 0. The lowest BCUT2D eigenvalue weighted by atomic mass is 9.84. The average molecular weight is 482 g/mol. The molecule has 0 saturated heterocycles. The first-order chi connectivity index (χ1) is 16.8. The fourth-order valence-electron chi connectivity index (χ4n) is 4.83. The van der Waals surface area contributed by atoms with Gasteiger partial charge in [-0.05, 0) is 41.8 Å². The summed E-state index contributed by atoms with van der Waals surface area (Å²) in [7, 11) is -3.82. The summed E-state index contributed by atoms with van der Waals surface area (Å²) in [5.41, 5.74) is 3.77. The van der Waals surface area contributed by atoms with Gasteiger partial charge in [0.25, 0.3) is 5.70 Å². The van der Waals surface area contributed by atoms with E-state index in [4.69, 9.17) is 6.57 Å². The number of rotatable bonds is 5. The van der Waals surface area contributed by atoms with Gasteiger partial charge in [-0.2, -0.15) is 0 Å². The molecule has 2 aromatic carbocycles. The van der Waals surface area contributed by atoms with E-state index in [0.29, 0.717) is 5.56 Å². The quantitative estimate of drug-likeness (QED) is 0.359. The van der Waals surface area contributed by atoms with Crippen molar-refractivity contribution in [2.24, 2.45) is 0 Å². The molecule has 2 heterocycles. The third-order valence-electron chi connectivity index (χ3n) is 6.58. The first-order valence-corrected chi connectivity index (χ1v) is 13.1. The van der Waals surface area contributed by atoms with Crippen LogP contribution in [0.15, 0.2) is 94.0 Å². The van der Waals surface area contributed by atoms with Gasteiger partial charge in [0.05, 0.1) is 22.4 Å². The number of nitriles is 1. The number of nitrogens with zero attached hydrogens (tertiary/aromatic N) is 3. The molecule has 2 aliphatic heterocycles. The van der Waals surface area contributed by atoms with Gasteiger partial charge < -0.3 is 4.90 Å². The van der Waals surface area contributed by atoms with E-state index in [1.807, 2.05) is 18.2 Å². The highest BCUT2D eigenvalue weighted by Gasteiger charge is 2.39. The summed E-state index contributed by atoms with van der Waals surface area (Å²) in [6, 6.07) is 16.8. The third kappa shape index (κ3) is 4.01. The van der Waals surface area contributed by atoms with Crippen molar-refractivity contribution in [3.05, 3.63) is 112 Å². The Labute approximate surface area is 207 Å². The van der Waals surface area contributed by atoms with E-state index in [9.17, 15) is 13.7 Å². The lowest BCUT2D eigenvalue weighted by molar-refractivity contribution is 0.604. The first-order valence-electron chi connectivity index (χ1n) is 11.6. The minimum Gasteiger partial charge on any atom is -0.344 e. The number of sulfone groups is 1. The Balaban J connectivity index is 1.78. The summed E-state index contributed by atoms with van der Waals surface area (Å²) in [5.74, 6) is 0. The molecular formula is C29H27N3O2S. The van der Waals surface area contributed by atoms with Gasteiger partial charge in [-0.15, -0.1) is 0 Å². The van der Waals surface area contributed by atoms with Gasteiger partial charge in [-0.1, -0.05) is 75.7 Å². The molecule has 2 aliphatic rings. The first kappa shape index (κ1) is 24.3. The van der Waals surface area contributed by atoms with E-state index in [1.165, 1.54) is 23.4 Å². The molecule has 0 N–H and O–H groups in total. The van der Waals surface area contributed by atoms with Crippen LogP contribution >= 0.6 is 0 Å². The number of unbranched alkanes of at least 4 members (excludes halogenated alkanes) is 1. The maximum absolute atomic E-state index is 13.2. The Hall–Kier alpha value is -3.87. The molecule has 0 bridgehead atoms. The Kier molecular flexibility index (Phi) is 6.52. The van der Waals surface area contributed by atoms with Crippen LogP contribution in [0, 0.1) is 17.9 Å². The van der Waals surface area contributed by atoms with Crippen molar-refractivity contribution in [3.8, 4) is 6.07 Å². The molecule has 4 rings (SSSR count). The minimum atomic E-state index is -3.82. The summed E-state index contributed by atoms with van der Waals surface area (Å²) in [5, 5.41) is 9.48. The second-order valence-electron chi connectivity index (χ2n) is 9.06. The molecule has 2 aromatic rings. The second-order valence-corrected chi connectivity index (χ2v) is 10.9. The fraction of sp³-hybridized carbons (Fsp3) is 0.241. The molecule has 176 valence electrons. The van der Waals surface area contributed by atoms with Crippen molar-refractivity contribution < 1.29 is 8.42 Å². The molecule has 6 heteroatoms. The van der Waals surface area contributed by atoms with Crippen LogP contribution in [0.4, 0.5) is 5.69 Å². The molecule has 5 nitrogen and oxygen atoms in total. The normalized spacial score (nSPS) is 21.1. The minimum absolute atomic E-state index is 0.0160. The molecule has 0 aromatic heterocycles. The number of allylic oxidation sites excluding steroid dienone is 7. The number of hydrogen-bond acceptors (Lipinski definition) is 4. The van der Waals surface area contributed by atoms with Gasteiger partial charge in [0, 0.05) is 28.9 Å². The Bertz CT molecular complexity index is 1480. The number of benzene rings is 2. The average Bonchev–Trinajstić information content (AvgIpc) is 3.21. The predicted octanol–water partition coefficient (Wildman–Crippen LogP) is 6.55. The molecular weight excluding hydrogens is 454 g/mol. The van der Waals surface area contributed by atoms with Gasteiger partial charge in [0.2, 0.25) is 9.84 Å². The van der Waals surface area contributed by atoms with Crippen molar-refractivity contribution >= 4 is 21.1 Å². The summed E-state index contributed by atoms with van der Waals surface area (Å²) < 4.78 is 26.5. The van der Waals surface area contributed by atoms with Gasteiger partial charge in [0.1, 0.15) is 0 Å². The summed E-state index contributed by atoms with van der Waals surface area (Å²) in [6.07, 6.45) is 9.20. The summed E-state index contributed by atoms with van der Waals surface area (Å²) >= 11 is 0. The Morgan fingerprint density at radius 3 is 2.51 bits per heavy atom. The molecule has 0 unspecified atom stereocenters. The SMILES string of the molecule is [C-]#[N+]C(C#N)=C1C(=C/C=C/C=C2/N(CCCC)c3ccccc3C2(C)C)S(=O)(=O)c2ccccc21. The van der Waals surface area contributed by atoms with Crippen LogP contribution < -0.4 is 4.90 Å². The van der Waals surface area contributed by atoms with Crippen molar-refractivity contribution in [1.82, 2.24) is 0 Å². The summed E-state index contributed by atoms with van der Waals surface area (Å²) in [6.45, 7) is 14.9. The maximum atomic E-state index is 13.2. The molecule has 0 saturated carbocycles. The van der Waals surface area contributed by atoms with E-state index in [2.05, 4.69) is 54.8 Å². The van der Waals surface area contributed by atoms with Crippen LogP contribution in [0.25, 0.3) is 10.4 Å². The molecule has 0 radical (unpaired) electrons. The van der Waals surface area contributed by atoms with Gasteiger partial charge >= 0.3 is 0 Å². The van der Waals surface area contributed by atoms with E-state index >= 15 is 0 Å². The number of fused-ring (bicyclic) bond motifs is 2. The van der Waals surface area contributed by atoms with Crippen molar-refractivity contribution in [3.63, 3.8) is 0 Å². The van der Waals surface area contributed by atoms with Crippen molar-refractivity contribution in [2.75, 3.05) is 11.4 Å².